The van der Waals surface area contributed by atoms with E-state index in [0.717, 1.165) is 22.8 Å². The maximum absolute atomic E-state index is 12.7. The van der Waals surface area contributed by atoms with Crippen molar-refractivity contribution in [3.05, 3.63) is 59.4 Å². The van der Waals surface area contributed by atoms with Crippen molar-refractivity contribution in [1.29, 1.82) is 0 Å². The molecule has 0 atom stereocenters. The summed E-state index contributed by atoms with van der Waals surface area (Å²) >= 11 is 0. The molecular weight excluding hydrogens is 384 g/mol. The number of hydrogen-bond donors (Lipinski definition) is 2. The van der Waals surface area contributed by atoms with Crippen molar-refractivity contribution in [3.63, 3.8) is 0 Å². The average molecular weight is 404 g/mol. The van der Waals surface area contributed by atoms with Gasteiger partial charge in [0.05, 0.1) is 11.4 Å². The molecule has 0 bridgehead atoms. The molecule has 0 fully saturated rings. The lowest BCUT2D eigenvalue weighted by Crippen LogP contribution is -2.21. The molecule has 2 heterocycles. The predicted octanol–water partition coefficient (Wildman–Crippen LogP) is 2.49. The maximum atomic E-state index is 12.7. The van der Waals surface area contributed by atoms with Crippen LogP contribution in [0.2, 0.25) is 0 Å². The zero-order chi connectivity index (χ0) is 21.1. The van der Waals surface area contributed by atoms with Crippen molar-refractivity contribution in [2.45, 2.75) is 26.7 Å². The highest BCUT2D eigenvalue weighted by atomic mass is 16.6. The van der Waals surface area contributed by atoms with Crippen molar-refractivity contribution >= 4 is 28.2 Å². The van der Waals surface area contributed by atoms with E-state index in [2.05, 4.69) is 35.8 Å². The summed E-state index contributed by atoms with van der Waals surface area (Å²) in [4.78, 5) is 12.7. The Morgan fingerprint density at radius 3 is 2.73 bits per heavy atom. The van der Waals surface area contributed by atoms with E-state index < -0.39 is 5.91 Å². The van der Waals surface area contributed by atoms with Crippen LogP contribution >= 0.6 is 0 Å². The fourth-order valence-corrected chi connectivity index (χ4v) is 3.11. The van der Waals surface area contributed by atoms with Crippen molar-refractivity contribution in [2.75, 3.05) is 5.73 Å². The first kappa shape index (κ1) is 19.2. The first-order valence-electron chi connectivity index (χ1n) is 9.45. The van der Waals surface area contributed by atoms with E-state index in [1.54, 1.807) is 0 Å². The zero-order valence-electron chi connectivity index (χ0n) is 16.5. The van der Waals surface area contributed by atoms with Crippen molar-refractivity contribution in [1.82, 2.24) is 30.7 Å². The van der Waals surface area contributed by atoms with Gasteiger partial charge >= 0.3 is 0 Å². The van der Waals surface area contributed by atoms with Crippen LogP contribution in [0.4, 0.5) is 5.82 Å². The summed E-state index contributed by atoms with van der Waals surface area (Å²) in [6, 6.07) is 14.1. The lowest BCUT2D eigenvalue weighted by molar-refractivity contribution is 0.0948. The van der Waals surface area contributed by atoms with Crippen LogP contribution in [-0.4, -0.2) is 36.9 Å². The van der Waals surface area contributed by atoms with E-state index in [1.165, 1.54) is 4.68 Å². The van der Waals surface area contributed by atoms with Gasteiger partial charge in [-0.05, 0) is 46.1 Å². The second kappa shape index (κ2) is 8.11. The summed E-state index contributed by atoms with van der Waals surface area (Å²) in [7, 11) is 0. The van der Waals surface area contributed by atoms with Crippen LogP contribution in [0.25, 0.3) is 16.6 Å². The van der Waals surface area contributed by atoms with Gasteiger partial charge in [-0.3, -0.25) is 4.79 Å². The highest BCUT2D eigenvalue weighted by Crippen LogP contribution is 2.18. The van der Waals surface area contributed by atoms with Crippen molar-refractivity contribution < 1.29 is 9.42 Å². The fourth-order valence-electron chi connectivity index (χ4n) is 3.11. The Balaban J connectivity index is 1.58. The third-order valence-electron chi connectivity index (χ3n) is 4.65. The van der Waals surface area contributed by atoms with Gasteiger partial charge in [-0.2, -0.15) is 9.78 Å². The number of anilines is 1. The van der Waals surface area contributed by atoms with Gasteiger partial charge in [-0.15, -0.1) is 5.10 Å². The van der Waals surface area contributed by atoms with Gasteiger partial charge < -0.3 is 5.73 Å². The molecule has 0 aliphatic rings. The van der Waals surface area contributed by atoms with Gasteiger partial charge in [-0.25, -0.2) is 10.1 Å². The zero-order valence-corrected chi connectivity index (χ0v) is 16.5. The molecule has 2 aromatic carbocycles. The number of nitrogens with one attached hydrogen (secondary N) is 1. The SMILES string of the molecule is CCCc1c(C(=O)N/N=C(\C)c2ccc3ccccc3c2)nnn1-c1nonc1N. The number of hydrazone groups is 1. The molecule has 10 nitrogen and oxygen atoms in total. The van der Waals surface area contributed by atoms with Gasteiger partial charge in [-0.1, -0.05) is 55.0 Å². The molecule has 2 aromatic heterocycles. The van der Waals surface area contributed by atoms with E-state index in [9.17, 15) is 4.79 Å². The molecule has 0 saturated heterocycles. The second-order valence-electron chi connectivity index (χ2n) is 6.72. The molecule has 0 aliphatic carbocycles. The van der Waals surface area contributed by atoms with Gasteiger partial charge in [0.25, 0.3) is 5.91 Å². The number of hydrogen-bond acceptors (Lipinski definition) is 8. The Bertz CT molecular complexity index is 1240. The van der Waals surface area contributed by atoms with Crippen LogP contribution < -0.4 is 11.2 Å². The molecule has 4 rings (SSSR count). The van der Waals surface area contributed by atoms with Gasteiger partial charge in [0, 0.05) is 0 Å². The van der Waals surface area contributed by atoms with Crippen LogP contribution in [0.15, 0.2) is 52.2 Å². The number of benzene rings is 2. The Labute approximate surface area is 171 Å². The molecule has 3 N–H and O–H groups in total. The molecule has 0 aliphatic heterocycles. The molecule has 1 amide bonds. The topological polar surface area (TPSA) is 137 Å². The predicted molar refractivity (Wildman–Crippen MR) is 111 cm³/mol. The van der Waals surface area contributed by atoms with Crippen LogP contribution in [-0.2, 0) is 6.42 Å². The highest BCUT2D eigenvalue weighted by Gasteiger charge is 2.23. The molecule has 0 unspecified atom stereocenters. The van der Waals surface area contributed by atoms with Crippen molar-refractivity contribution in [2.24, 2.45) is 5.10 Å². The Kier molecular flexibility index (Phi) is 5.21. The van der Waals surface area contributed by atoms with Crippen molar-refractivity contribution in [3.8, 4) is 5.82 Å². The van der Waals surface area contributed by atoms with Gasteiger partial charge in [0.2, 0.25) is 11.6 Å². The third kappa shape index (κ3) is 3.62. The van der Waals surface area contributed by atoms with E-state index in [-0.39, 0.29) is 17.3 Å². The molecule has 0 spiro atoms. The van der Waals surface area contributed by atoms with E-state index in [4.69, 9.17) is 5.73 Å². The number of nitrogen functional groups attached to an aromatic ring is 1. The lowest BCUT2D eigenvalue weighted by Gasteiger charge is -2.05. The van der Waals surface area contributed by atoms with Crippen LogP contribution in [0, 0.1) is 0 Å². The largest absolute Gasteiger partial charge is 0.378 e. The molecule has 10 heteroatoms. The molecular formula is C20H20N8O2. The van der Waals surface area contributed by atoms with Crippen LogP contribution in [0.3, 0.4) is 0 Å². The maximum Gasteiger partial charge on any atom is 0.293 e. The number of rotatable bonds is 6. The summed E-state index contributed by atoms with van der Waals surface area (Å²) in [5, 5.41) is 21.7. The molecule has 0 saturated carbocycles. The number of nitrogens with zero attached hydrogens (tertiary/aromatic N) is 6. The molecule has 152 valence electrons. The minimum Gasteiger partial charge on any atom is -0.378 e. The van der Waals surface area contributed by atoms with E-state index >= 15 is 0 Å². The standard InChI is InChI=1S/C20H20N8O2/c1-3-6-16-17(23-27-28(16)19-18(21)25-30-26-19)20(29)24-22-12(2)14-10-9-13-7-4-5-8-15(13)11-14/h4-5,7-11H,3,6H2,1-2H3,(H2,21,25)(H,24,29)/b22-12+. The molecule has 30 heavy (non-hydrogen) atoms. The smallest absolute Gasteiger partial charge is 0.293 e. The average Bonchev–Trinajstić information content (AvgIpc) is 3.37. The minimum atomic E-state index is -0.472. The summed E-state index contributed by atoms with van der Waals surface area (Å²) < 4.78 is 5.99. The number of nitrogens with two attached hydrogens (primary N) is 1. The van der Waals surface area contributed by atoms with Crippen LogP contribution in [0.5, 0.6) is 0 Å². The Morgan fingerprint density at radius 2 is 2.00 bits per heavy atom. The fraction of sp³-hybridized carbons (Fsp3) is 0.200. The van der Waals surface area contributed by atoms with Gasteiger partial charge in [0.1, 0.15) is 0 Å². The summed E-state index contributed by atoms with van der Waals surface area (Å²) in [6.07, 6.45) is 1.30. The monoisotopic (exact) mass is 404 g/mol. The summed E-state index contributed by atoms with van der Waals surface area (Å²) in [5.41, 5.74) is 10.6. The Hall–Kier alpha value is -4.08. The van der Waals surface area contributed by atoms with Crippen LogP contribution in [0.1, 0.15) is 42.0 Å². The normalized spacial score (nSPS) is 11.7. The number of carbonyl (C=O) groups is 1. The number of carbonyl (C=O) groups excluding carboxylic acids is 1. The van der Waals surface area contributed by atoms with E-state index in [1.807, 2.05) is 56.3 Å². The number of aromatic nitrogens is 5. The lowest BCUT2D eigenvalue weighted by atomic mass is 10.0. The second-order valence-corrected chi connectivity index (χ2v) is 6.72. The third-order valence-corrected chi connectivity index (χ3v) is 4.65. The summed E-state index contributed by atoms with van der Waals surface area (Å²) in [5.74, 6) is -0.213. The molecule has 0 radical (unpaired) electrons. The first-order valence-corrected chi connectivity index (χ1v) is 9.45. The van der Waals surface area contributed by atoms with E-state index in [0.29, 0.717) is 17.8 Å². The first-order chi connectivity index (χ1) is 14.6. The molecule has 4 aromatic rings. The number of fused-ring (bicyclic) bond motifs is 1. The Morgan fingerprint density at radius 1 is 1.20 bits per heavy atom. The number of amides is 1. The highest BCUT2D eigenvalue weighted by molar-refractivity contribution is 6.03. The van der Waals surface area contributed by atoms with Gasteiger partial charge in [0.15, 0.2) is 5.69 Å². The quantitative estimate of drug-likeness (QED) is 0.372. The summed E-state index contributed by atoms with van der Waals surface area (Å²) in [6.45, 7) is 3.81. The minimum absolute atomic E-state index is 0.0642.